The quantitative estimate of drug-likeness (QED) is 0.457. The molecule has 1 heterocycles. The number of rotatable bonds is 3. The van der Waals surface area contributed by atoms with Crippen LogP contribution in [0.25, 0.3) is 0 Å². The van der Waals surface area contributed by atoms with Gasteiger partial charge in [0.1, 0.15) is 5.82 Å². The predicted molar refractivity (Wildman–Crippen MR) is 44.2 cm³/mol. The monoisotopic (exact) mass is 235 g/mol. The standard InChI is InChI=1S/C9H5F4NO2/c10-6-1-5(3-14-4-6)7(15)2-8(16)9(11,12)13/h1,3-4H,2H2. The Labute approximate surface area is 87.1 Å². The number of pyridine rings is 1. The van der Waals surface area contributed by atoms with Crippen molar-refractivity contribution in [3.8, 4) is 0 Å². The van der Waals surface area contributed by atoms with Crippen molar-refractivity contribution >= 4 is 11.6 Å². The van der Waals surface area contributed by atoms with Crippen molar-refractivity contribution in [2.75, 3.05) is 0 Å². The summed E-state index contributed by atoms with van der Waals surface area (Å²) in [5.74, 6) is -4.14. The van der Waals surface area contributed by atoms with Crippen LogP contribution in [0.2, 0.25) is 0 Å². The molecule has 0 saturated heterocycles. The molecule has 86 valence electrons. The summed E-state index contributed by atoms with van der Waals surface area (Å²) < 4.78 is 48.0. The maximum Gasteiger partial charge on any atom is 0.450 e. The first-order valence-electron chi connectivity index (χ1n) is 4.04. The molecule has 1 rings (SSSR count). The molecule has 0 spiro atoms. The van der Waals surface area contributed by atoms with Gasteiger partial charge in [0, 0.05) is 11.8 Å². The van der Waals surface area contributed by atoms with E-state index in [0.717, 1.165) is 18.5 Å². The van der Waals surface area contributed by atoms with Crippen molar-refractivity contribution in [2.45, 2.75) is 12.6 Å². The SMILES string of the molecule is O=C(CC(=O)C(F)(F)F)c1cncc(F)c1. The molecule has 0 atom stereocenters. The van der Waals surface area contributed by atoms with Gasteiger partial charge in [-0.05, 0) is 6.07 Å². The van der Waals surface area contributed by atoms with E-state index in [9.17, 15) is 27.2 Å². The molecule has 16 heavy (non-hydrogen) atoms. The zero-order valence-corrected chi connectivity index (χ0v) is 7.71. The first-order valence-corrected chi connectivity index (χ1v) is 4.04. The van der Waals surface area contributed by atoms with Crippen LogP contribution in [0.15, 0.2) is 18.5 Å². The maximum absolute atomic E-state index is 12.6. The molecule has 0 fully saturated rings. The molecule has 0 unspecified atom stereocenters. The number of aromatic nitrogens is 1. The minimum absolute atomic E-state index is 0.363. The molecule has 0 aliphatic heterocycles. The summed E-state index contributed by atoms with van der Waals surface area (Å²) in [7, 11) is 0. The summed E-state index contributed by atoms with van der Waals surface area (Å²) in [6.07, 6.45) is -4.71. The van der Waals surface area contributed by atoms with Crippen molar-refractivity contribution in [3.63, 3.8) is 0 Å². The molecule has 0 bridgehead atoms. The van der Waals surface area contributed by atoms with Gasteiger partial charge in [0.25, 0.3) is 0 Å². The second-order valence-electron chi connectivity index (χ2n) is 2.91. The molecule has 0 aromatic carbocycles. The van der Waals surface area contributed by atoms with Crippen LogP contribution in [0, 0.1) is 5.82 Å². The number of halogens is 4. The van der Waals surface area contributed by atoms with E-state index in [-0.39, 0.29) is 5.56 Å². The van der Waals surface area contributed by atoms with Crippen LogP contribution in [-0.4, -0.2) is 22.7 Å². The average Bonchev–Trinajstić information content (AvgIpc) is 2.16. The second kappa shape index (κ2) is 4.38. The number of hydrogen-bond donors (Lipinski definition) is 0. The van der Waals surface area contributed by atoms with Gasteiger partial charge in [-0.1, -0.05) is 0 Å². The zero-order valence-electron chi connectivity index (χ0n) is 7.71. The Kier molecular flexibility index (Phi) is 3.36. The highest BCUT2D eigenvalue weighted by Crippen LogP contribution is 2.19. The molecule has 1 aromatic heterocycles. The molecular weight excluding hydrogens is 230 g/mol. The Bertz CT molecular complexity index is 428. The highest BCUT2D eigenvalue weighted by molar-refractivity contribution is 6.09. The van der Waals surface area contributed by atoms with Gasteiger partial charge in [-0.25, -0.2) is 4.39 Å². The van der Waals surface area contributed by atoms with Crippen molar-refractivity contribution in [1.82, 2.24) is 4.98 Å². The lowest BCUT2D eigenvalue weighted by Gasteiger charge is -2.04. The molecule has 0 saturated carbocycles. The Hall–Kier alpha value is -1.79. The number of alkyl halides is 3. The topological polar surface area (TPSA) is 47.0 Å². The van der Waals surface area contributed by atoms with Crippen molar-refractivity contribution < 1.29 is 27.2 Å². The van der Waals surface area contributed by atoms with Crippen molar-refractivity contribution in [3.05, 3.63) is 29.8 Å². The van der Waals surface area contributed by atoms with E-state index < -0.39 is 30.0 Å². The number of carbonyl (C=O) groups excluding carboxylic acids is 2. The number of carbonyl (C=O) groups is 2. The molecule has 0 amide bonds. The lowest BCUT2D eigenvalue weighted by Crippen LogP contribution is -2.25. The van der Waals surface area contributed by atoms with E-state index in [4.69, 9.17) is 0 Å². The second-order valence-corrected chi connectivity index (χ2v) is 2.91. The van der Waals surface area contributed by atoms with Gasteiger partial charge < -0.3 is 0 Å². The summed E-state index contributed by atoms with van der Waals surface area (Å²) in [6, 6.07) is 0.721. The molecule has 0 N–H and O–H groups in total. The Morgan fingerprint density at radius 2 is 1.88 bits per heavy atom. The highest BCUT2D eigenvalue weighted by atomic mass is 19.4. The Balaban J connectivity index is 2.78. The minimum Gasteiger partial charge on any atom is -0.294 e. The number of ketones is 2. The van der Waals surface area contributed by atoms with Gasteiger partial charge in [0.2, 0.25) is 5.78 Å². The van der Waals surface area contributed by atoms with Gasteiger partial charge >= 0.3 is 6.18 Å². The van der Waals surface area contributed by atoms with E-state index in [1.54, 1.807) is 0 Å². The summed E-state index contributed by atoms with van der Waals surface area (Å²) in [5.41, 5.74) is -0.363. The van der Waals surface area contributed by atoms with E-state index in [1.807, 2.05) is 0 Å². The minimum atomic E-state index is -5.06. The Morgan fingerprint density at radius 3 is 2.38 bits per heavy atom. The molecule has 0 radical (unpaired) electrons. The predicted octanol–water partition coefficient (Wildman–Crippen LogP) is 1.92. The lowest BCUT2D eigenvalue weighted by atomic mass is 10.1. The molecule has 3 nitrogen and oxygen atoms in total. The van der Waals surface area contributed by atoms with Crippen LogP contribution in [0.3, 0.4) is 0 Å². The molecule has 0 aliphatic rings. The van der Waals surface area contributed by atoms with E-state index in [1.165, 1.54) is 0 Å². The van der Waals surface area contributed by atoms with Gasteiger partial charge in [-0.2, -0.15) is 13.2 Å². The number of Topliss-reactive ketones (excluding diaryl/α,β-unsaturated/α-hetero) is 2. The zero-order chi connectivity index (χ0) is 12.3. The van der Waals surface area contributed by atoms with E-state index in [2.05, 4.69) is 4.98 Å². The maximum atomic E-state index is 12.6. The molecule has 1 aromatic rings. The molecule has 0 aliphatic carbocycles. The summed E-state index contributed by atoms with van der Waals surface area (Å²) >= 11 is 0. The third-order valence-corrected chi connectivity index (χ3v) is 1.66. The van der Waals surface area contributed by atoms with Crippen LogP contribution in [0.1, 0.15) is 16.8 Å². The number of hydrogen-bond acceptors (Lipinski definition) is 3. The fourth-order valence-electron chi connectivity index (χ4n) is 0.912. The largest absolute Gasteiger partial charge is 0.450 e. The van der Waals surface area contributed by atoms with Crippen LogP contribution in [0.4, 0.5) is 17.6 Å². The first kappa shape index (κ1) is 12.3. The summed E-state index contributed by atoms with van der Waals surface area (Å²) in [4.78, 5) is 24.9. The van der Waals surface area contributed by atoms with Crippen LogP contribution in [-0.2, 0) is 4.79 Å². The van der Waals surface area contributed by atoms with Crippen LogP contribution < -0.4 is 0 Å². The average molecular weight is 235 g/mol. The Morgan fingerprint density at radius 1 is 1.25 bits per heavy atom. The summed E-state index contributed by atoms with van der Waals surface area (Å²) in [6.45, 7) is 0. The third kappa shape index (κ3) is 3.11. The van der Waals surface area contributed by atoms with Crippen molar-refractivity contribution in [1.29, 1.82) is 0 Å². The van der Waals surface area contributed by atoms with Gasteiger partial charge in [0.15, 0.2) is 5.78 Å². The molecule has 7 heteroatoms. The summed E-state index contributed by atoms with van der Waals surface area (Å²) in [5, 5.41) is 0. The first-order chi connectivity index (χ1) is 7.30. The molecular formula is C9H5F4NO2. The fraction of sp³-hybridized carbons (Fsp3) is 0.222. The van der Waals surface area contributed by atoms with Gasteiger partial charge in [-0.15, -0.1) is 0 Å². The fourth-order valence-corrected chi connectivity index (χ4v) is 0.912. The van der Waals surface area contributed by atoms with Gasteiger partial charge in [0.05, 0.1) is 12.6 Å². The smallest absolute Gasteiger partial charge is 0.294 e. The van der Waals surface area contributed by atoms with Gasteiger partial charge in [-0.3, -0.25) is 14.6 Å². The van der Waals surface area contributed by atoms with E-state index >= 15 is 0 Å². The van der Waals surface area contributed by atoms with Crippen LogP contribution >= 0.6 is 0 Å². The lowest BCUT2D eigenvalue weighted by molar-refractivity contribution is -0.170. The third-order valence-electron chi connectivity index (χ3n) is 1.66. The number of nitrogens with zero attached hydrogens (tertiary/aromatic N) is 1. The van der Waals surface area contributed by atoms with Crippen molar-refractivity contribution in [2.24, 2.45) is 0 Å². The van der Waals surface area contributed by atoms with Crippen LogP contribution in [0.5, 0.6) is 0 Å². The normalized spacial score (nSPS) is 11.2. The highest BCUT2D eigenvalue weighted by Gasteiger charge is 2.39. The van der Waals surface area contributed by atoms with E-state index in [0.29, 0.717) is 0 Å².